The number of rotatable bonds is 9. The molecule has 1 nitrogen and oxygen atoms in total. The molecule has 98 valence electrons. The second-order valence-corrected chi connectivity index (χ2v) is 6.53. The summed E-state index contributed by atoms with van der Waals surface area (Å²) in [4.78, 5) is 1.31. The lowest BCUT2D eigenvalue weighted by molar-refractivity contribution is 0.534. The van der Waals surface area contributed by atoms with Gasteiger partial charge in [0, 0.05) is 10.9 Å². The summed E-state index contributed by atoms with van der Waals surface area (Å²) in [5.41, 5.74) is 6.12. The van der Waals surface area contributed by atoms with E-state index in [1.54, 1.807) is 11.3 Å². The Labute approximate surface area is 114 Å². The fourth-order valence-corrected chi connectivity index (χ4v) is 3.19. The van der Waals surface area contributed by atoms with Crippen LogP contribution in [0.2, 0.25) is 4.34 Å². The maximum Gasteiger partial charge on any atom is 0.0931 e. The van der Waals surface area contributed by atoms with Gasteiger partial charge in [0.25, 0.3) is 0 Å². The second kappa shape index (κ2) is 8.96. The highest BCUT2D eigenvalue weighted by Gasteiger charge is 2.06. The number of thiophene rings is 1. The van der Waals surface area contributed by atoms with E-state index in [0.717, 1.165) is 17.2 Å². The minimum Gasteiger partial charge on any atom is -0.327 e. The molecule has 0 radical (unpaired) electrons. The van der Waals surface area contributed by atoms with Gasteiger partial charge in [-0.2, -0.15) is 0 Å². The van der Waals surface area contributed by atoms with Crippen molar-refractivity contribution >= 4 is 22.9 Å². The van der Waals surface area contributed by atoms with Gasteiger partial charge in [-0.3, -0.25) is 0 Å². The van der Waals surface area contributed by atoms with Gasteiger partial charge >= 0.3 is 0 Å². The van der Waals surface area contributed by atoms with Gasteiger partial charge in [-0.25, -0.2) is 0 Å². The average molecular weight is 274 g/mol. The van der Waals surface area contributed by atoms with E-state index in [0.29, 0.717) is 6.04 Å². The maximum atomic E-state index is 6.12. The van der Waals surface area contributed by atoms with Crippen LogP contribution in [0.4, 0.5) is 0 Å². The summed E-state index contributed by atoms with van der Waals surface area (Å²) in [6.45, 7) is 2.25. The highest BCUT2D eigenvalue weighted by atomic mass is 35.5. The molecule has 1 atom stereocenters. The molecule has 0 saturated carbocycles. The lowest BCUT2D eigenvalue weighted by Gasteiger charge is -2.09. The molecule has 1 rings (SSSR count). The third kappa shape index (κ3) is 7.07. The molecule has 0 fully saturated rings. The van der Waals surface area contributed by atoms with Crippen molar-refractivity contribution in [1.29, 1.82) is 0 Å². The van der Waals surface area contributed by atoms with Crippen LogP contribution in [0, 0.1) is 0 Å². The van der Waals surface area contributed by atoms with Gasteiger partial charge in [0.2, 0.25) is 0 Å². The van der Waals surface area contributed by atoms with Crippen LogP contribution >= 0.6 is 22.9 Å². The van der Waals surface area contributed by atoms with Crippen molar-refractivity contribution < 1.29 is 0 Å². The molecule has 0 aromatic carbocycles. The van der Waals surface area contributed by atoms with E-state index in [2.05, 4.69) is 13.0 Å². The SMILES string of the molecule is CCCCCCCCC(N)Cc1ccc(Cl)s1. The lowest BCUT2D eigenvalue weighted by Crippen LogP contribution is -2.22. The minimum absolute atomic E-state index is 0.302. The monoisotopic (exact) mass is 273 g/mol. The topological polar surface area (TPSA) is 26.0 Å². The molecular formula is C14H24ClNS. The number of halogens is 1. The molecular weight excluding hydrogens is 250 g/mol. The zero-order valence-electron chi connectivity index (χ0n) is 10.8. The molecule has 3 heteroatoms. The van der Waals surface area contributed by atoms with Gasteiger partial charge in [0.05, 0.1) is 4.34 Å². The van der Waals surface area contributed by atoms with Crippen molar-refractivity contribution in [3.8, 4) is 0 Å². The molecule has 0 aliphatic heterocycles. The molecule has 1 unspecified atom stereocenters. The van der Waals surface area contributed by atoms with Crippen molar-refractivity contribution in [2.45, 2.75) is 64.3 Å². The molecule has 1 aromatic rings. The molecule has 0 saturated heterocycles. The van der Waals surface area contributed by atoms with E-state index in [9.17, 15) is 0 Å². The summed E-state index contributed by atoms with van der Waals surface area (Å²) >= 11 is 7.55. The van der Waals surface area contributed by atoms with Crippen LogP contribution < -0.4 is 5.73 Å². The van der Waals surface area contributed by atoms with Crippen molar-refractivity contribution in [2.75, 3.05) is 0 Å². The molecule has 0 amide bonds. The van der Waals surface area contributed by atoms with Crippen LogP contribution in [0.15, 0.2) is 12.1 Å². The first kappa shape index (κ1) is 15.0. The largest absolute Gasteiger partial charge is 0.327 e. The van der Waals surface area contributed by atoms with Crippen molar-refractivity contribution in [3.63, 3.8) is 0 Å². The van der Waals surface area contributed by atoms with Gasteiger partial charge in [-0.1, -0.05) is 57.0 Å². The average Bonchev–Trinajstić information content (AvgIpc) is 2.69. The van der Waals surface area contributed by atoms with Crippen LogP contribution in [0.3, 0.4) is 0 Å². The fourth-order valence-electron chi connectivity index (χ4n) is 2.01. The van der Waals surface area contributed by atoms with Crippen LogP contribution in [-0.2, 0) is 6.42 Å². The first-order chi connectivity index (χ1) is 8.22. The second-order valence-electron chi connectivity index (χ2n) is 4.73. The Morgan fingerprint density at radius 1 is 1.18 bits per heavy atom. The Bertz CT molecular complexity index is 298. The predicted molar refractivity (Wildman–Crippen MR) is 79.0 cm³/mol. The highest BCUT2D eigenvalue weighted by molar-refractivity contribution is 7.16. The zero-order chi connectivity index (χ0) is 12.5. The Morgan fingerprint density at radius 2 is 1.88 bits per heavy atom. The summed E-state index contributed by atoms with van der Waals surface area (Å²) in [5, 5.41) is 0. The van der Waals surface area contributed by atoms with E-state index < -0.39 is 0 Å². The standard InChI is InChI=1S/C14H24ClNS/c1-2-3-4-5-6-7-8-12(16)11-13-9-10-14(15)17-13/h9-10,12H,2-8,11,16H2,1H3. The quantitative estimate of drug-likeness (QED) is 0.628. The van der Waals surface area contributed by atoms with Crippen LogP contribution in [-0.4, -0.2) is 6.04 Å². The third-order valence-corrected chi connectivity index (χ3v) is 4.27. The molecule has 1 aromatic heterocycles. The van der Waals surface area contributed by atoms with Crippen molar-refractivity contribution in [3.05, 3.63) is 21.3 Å². The molecule has 2 N–H and O–H groups in total. The summed E-state index contributed by atoms with van der Waals surface area (Å²) in [6, 6.07) is 4.35. The van der Waals surface area contributed by atoms with Crippen LogP contribution in [0.25, 0.3) is 0 Å². The van der Waals surface area contributed by atoms with Crippen molar-refractivity contribution in [1.82, 2.24) is 0 Å². The predicted octanol–water partition coefficient (Wildman–Crippen LogP) is 5.02. The molecule has 0 spiro atoms. The number of hydrogen-bond acceptors (Lipinski definition) is 2. The Morgan fingerprint density at radius 3 is 2.53 bits per heavy atom. The smallest absolute Gasteiger partial charge is 0.0931 e. The van der Waals surface area contributed by atoms with E-state index in [1.807, 2.05) is 6.07 Å². The molecule has 1 heterocycles. The Balaban J connectivity index is 2.03. The number of unbranched alkanes of at least 4 members (excludes halogenated alkanes) is 5. The minimum atomic E-state index is 0.302. The number of nitrogens with two attached hydrogens (primary N) is 1. The fraction of sp³-hybridized carbons (Fsp3) is 0.714. The van der Waals surface area contributed by atoms with E-state index in [1.165, 1.54) is 43.4 Å². The molecule has 17 heavy (non-hydrogen) atoms. The summed E-state index contributed by atoms with van der Waals surface area (Å²) in [5.74, 6) is 0. The summed E-state index contributed by atoms with van der Waals surface area (Å²) in [6.07, 6.45) is 10.2. The van der Waals surface area contributed by atoms with Crippen LogP contribution in [0.5, 0.6) is 0 Å². The zero-order valence-corrected chi connectivity index (χ0v) is 12.3. The maximum absolute atomic E-state index is 6.12. The summed E-state index contributed by atoms with van der Waals surface area (Å²) < 4.78 is 0.867. The van der Waals surface area contributed by atoms with Gasteiger partial charge in [0.15, 0.2) is 0 Å². The van der Waals surface area contributed by atoms with Crippen molar-refractivity contribution in [2.24, 2.45) is 5.73 Å². The molecule has 0 bridgehead atoms. The van der Waals surface area contributed by atoms with Crippen LogP contribution in [0.1, 0.15) is 56.7 Å². The molecule has 0 aliphatic carbocycles. The van der Waals surface area contributed by atoms with E-state index in [4.69, 9.17) is 17.3 Å². The first-order valence-electron chi connectivity index (χ1n) is 6.72. The number of hydrogen-bond donors (Lipinski definition) is 1. The first-order valence-corrected chi connectivity index (χ1v) is 7.91. The normalized spacial score (nSPS) is 12.9. The Kier molecular flexibility index (Phi) is 7.91. The van der Waals surface area contributed by atoms with E-state index in [-0.39, 0.29) is 0 Å². The van der Waals surface area contributed by atoms with Gasteiger partial charge < -0.3 is 5.73 Å². The summed E-state index contributed by atoms with van der Waals surface area (Å²) in [7, 11) is 0. The highest BCUT2D eigenvalue weighted by Crippen LogP contribution is 2.23. The lowest BCUT2D eigenvalue weighted by atomic mass is 10.0. The third-order valence-electron chi connectivity index (χ3n) is 3.02. The van der Waals surface area contributed by atoms with E-state index >= 15 is 0 Å². The van der Waals surface area contributed by atoms with Gasteiger partial charge in [0.1, 0.15) is 0 Å². The van der Waals surface area contributed by atoms with Gasteiger partial charge in [-0.05, 0) is 25.0 Å². The molecule has 0 aliphatic rings. The van der Waals surface area contributed by atoms with Gasteiger partial charge in [-0.15, -0.1) is 11.3 Å². The Hall–Kier alpha value is -0.0500.